The van der Waals surface area contributed by atoms with E-state index in [0.29, 0.717) is 6.54 Å². The molecule has 3 N–H and O–H groups in total. The number of nitrogens with two attached hydrogens (primary N) is 1. The molecule has 1 aromatic heterocycles. The summed E-state index contributed by atoms with van der Waals surface area (Å²) < 4.78 is 2.39. The Hall–Kier alpha value is -2.62. The van der Waals surface area contributed by atoms with Gasteiger partial charge in [-0.1, -0.05) is 48.5 Å². The molecular weight excluding hydrogens is 318 g/mol. The number of aromatic nitrogens is 1. The molecule has 0 saturated carbocycles. The summed E-state index contributed by atoms with van der Waals surface area (Å²) in [6.45, 7) is 5.51. The summed E-state index contributed by atoms with van der Waals surface area (Å²) in [6, 6.07) is 24.0. The van der Waals surface area contributed by atoms with E-state index in [4.69, 9.17) is 5.73 Å². The summed E-state index contributed by atoms with van der Waals surface area (Å²) in [5.41, 5.74) is 12.1. The van der Waals surface area contributed by atoms with Gasteiger partial charge in [-0.2, -0.15) is 0 Å². The van der Waals surface area contributed by atoms with E-state index in [-0.39, 0.29) is 0 Å². The molecule has 0 aliphatic carbocycles. The number of hydrogen-bond donors (Lipinski definition) is 2. The number of nitrogens with zero attached hydrogens (tertiary/aromatic N) is 1. The Morgan fingerprint density at radius 2 is 1.42 bits per heavy atom. The first-order chi connectivity index (χ1) is 12.8. The van der Waals surface area contributed by atoms with Crippen LogP contribution in [0, 0.1) is 0 Å². The largest absolute Gasteiger partial charge is 0.341 e. The number of benzene rings is 3. The van der Waals surface area contributed by atoms with Gasteiger partial charge >= 0.3 is 0 Å². The van der Waals surface area contributed by atoms with E-state index in [1.165, 1.54) is 38.5 Å². The number of rotatable bonds is 6. The molecule has 4 rings (SSSR count). The molecule has 0 aliphatic rings. The molecule has 1 heterocycles. The third-order valence-corrected chi connectivity index (χ3v) is 5.07. The van der Waals surface area contributed by atoms with Crippen LogP contribution in [-0.4, -0.2) is 4.57 Å². The van der Waals surface area contributed by atoms with Crippen LogP contribution < -0.4 is 11.1 Å². The van der Waals surface area contributed by atoms with E-state index in [0.717, 1.165) is 19.6 Å². The molecule has 0 unspecified atom stereocenters. The normalized spacial score (nSPS) is 11.5. The van der Waals surface area contributed by atoms with E-state index in [1.807, 2.05) is 0 Å². The van der Waals surface area contributed by atoms with Gasteiger partial charge in [0.25, 0.3) is 0 Å². The molecule has 3 heteroatoms. The van der Waals surface area contributed by atoms with Gasteiger partial charge < -0.3 is 15.6 Å². The van der Waals surface area contributed by atoms with E-state index in [1.54, 1.807) is 0 Å². The quantitative estimate of drug-likeness (QED) is 0.539. The lowest BCUT2D eigenvalue weighted by molar-refractivity contribution is 0.693. The minimum atomic E-state index is 0.596. The van der Waals surface area contributed by atoms with E-state index in [2.05, 4.69) is 83.5 Å². The van der Waals surface area contributed by atoms with Gasteiger partial charge in [0, 0.05) is 48.0 Å². The number of fused-ring (bicyclic) bond motifs is 3. The SMILES string of the molecule is CCn1c2ccccc2c2cc(CNCc3ccc(CN)cc3)ccc21. The van der Waals surface area contributed by atoms with Crippen LogP contribution in [0.25, 0.3) is 21.8 Å². The molecule has 3 aromatic carbocycles. The second kappa shape index (κ2) is 7.32. The van der Waals surface area contributed by atoms with E-state index < -0.39 is 0 Å². The standard InChI is InChI=1S/C23H25N3/c1-2-26-22-6-4-3-5-20(22)21-13-19(11-12-23(21)26)16-25-15-18-9-7-17(14-24)8-10-18/h3-13,25H,2,14-16,24H2,1H3. The van der Waals surface area contributed by atoms with Crippen LogP contribution >= 0.6 is 0 Å². The fraction of sp³-hybridized carbons (Fsp3) is 0.217. The fourth-order valence-electron chi connectivity index (χ4n) is 3.70. The van der Waals surface area contributed by atoms with Crippen molar-refractivity contribution in [2.45, 2.75) is 33.1 Å². The number of aryl methyl sites for hydroxylation is 1. The van der Waals surface area contributed by atoms with Crippen LogP contribution in [0.4, 0.5) is 0 Å². The van der Waals surface area contributed by atoms with Crippen molar-refractivity contribution in [2.24, 2.45) is 5.73 Å². The summed E-state index contributed by atoms with van der Waals surface area (Å²) >= 11 is 0. The molecule has 0 fully saturated rings. The predicted octanol–water partition coefficient (Wildman–Crippen LogP) is 4.56. The minimum absolute atomic E-state index is 0.596. The van der Waals surface area contributed by atoms with E-state index >= 15 is 0 Å². The van der Waals surface area contributed by atoms with Crippen molar-refractivity contribution in [1.29, 1.82) is 0 Å². The third kappa shape index (κ3) is 3.12. The van der Waals surface area contributed by atoms with Gasteiger partial charge in [-0.05, 0) is 41.8 Å². The monoisotopic (exact) mass is 343 g/mol. The zero-order valence-electron chi connectivity index (χ0n) is 15.2. The van der Waals surface area contributed by atoms with Crippen LogP contribution in [0.3, 0.4) is 0 Å². The van der Waals surface area contributed by atoms with Gasteiger partial charge in [-0.15, -0.1) is 0 Å². The predicted molar refractivity (Wildman–Crippen MR) is 110 cm³/mol. The number of para-hydroxylation sites is 1. The summed E-state index contributed by atoms with van der Waals surface area (Å²) in [4.78, 5) is 0. The maximum Gasteiger partial charge on any atom is 0.0491 e. The summed E-state index contributed by atoms with van der Waals surface area (Å²) in [6.07, 6.45) is 0. The zero-order chi connectivity index (χ0) is 17.9. The van der Waals surface area contributed by atoms with Crippen molar-refractivity contribution < 1.29 is 0 Å². The van der Waals surface area contributed by atoms with Crippen molar-refractivity contribution in [1.82, 2.24) is 9.88 Å². The Morgan fingerprint density at radius 1 is 0.769 bits per heavy atom. The van der Waals surface area contributed by atoms with E-state index in [9.17, 15) is 0 Å². The lowest BCUT2D eigenvalue weighted by Gasteiger charge is -2.07. The van der Waals surface area contributed by atoms with Crippen molar-refractivity contribution in [3.05, 3.63) is 83.4 Å². The number of nitrogens with one attached hydrogen (secondary N) is 1. The van der Waals surface area contributed by atoms with Gasteiger partial charge in [0.1, 0.15) is 0 Å². The summed E-state index contributed by atoms with van der Waals surface area (Å²) in [5, 5.41) is 6.23. The van der Waals surface area contributed by atoms with Gasteiger partial charge in [0.05, 0.1) is 0 Å². The maximum atomic E-state index is 5.66. The molecule has 132 valence electrons. The average molecular weight is 343 g/mol. The second-order valence-corrected chi connectivity index (χ2v) is 6.74. The smallest absolute Gasteiger partial charge is 0.0491 e. The summed E-state index contributed by atoms with van der Waals surface area (Å²) in [7, 11) is 0. The molecule has 0 bridgehead atoms. The second-order valence-electron chi connectivity index (χ2n) is 6.74. The minimum Gasteiger partial charge on any atom is -0.341 e. The van der Waals surface area contributed by atoms with Crippen LogP contribution in [0.5, 0.6) is 0 Å². The van der Waals surface area contributed by atoms with Crippen molar-refractivity contribution in [2.75, 3.05) is 0 Å². The van der Waals surface area contributed by atoms with Crippen LogP contribution in [0.1, 0.15) is 23.6 Å². The van der Waals surface area contributed by atoms with Crippen molar-refractivity contribution in [3.8, 4) is 0 Å². The Bertz CT molecular complexity index is 1030. The van der Waals surface area contributed by atoms with Gasteiger partial charge in [-0.3, -0.25) is 0 Å². The Balaban J connectivity index is 1.54. The Labute approximate surface area is 154 Å². The fourth-order valence-corrected chi connectivity index (χ4v) is 3.70. The first kappa shape index (κ1) is 16.8. The molecule has 3 nitrogen and oxygen atoms in total. The van der Waals surface area contributed by atoms with Crippen LogP contribution in [0.15, 0.2) is 66.7 Å². The molecule has 26 heavy (non-hydrogen) atoms. The highest BCUT2D eigenvalue weighted by Crippen LogP contribution is 2.29. The Kier molecular flexibility index (Phi) is 4.74. The van der Waals surface area contributed by atoms with Crippen LogP contribution in [0.2, 0.25) is 0 Å². The first-order valence-corrected chi connectivity index (χ1v) is 9.28. The summed E-state index contributed by atoms with van der Waals surface area (Å²) in [5.74, 6) is 0. The van der Waals surface area contributed by atoms with Crippen molar-refractivity contribution in [3.63, 3.8) is 0 Å². The number of hydrogen-bond acceptors (Lipinski definition) is 2. The zero-order valence-corrected chi connectivity index (χ0v) is 15.2. The highest BCUT2D eigenvalue weighted by Gasteiger charge is 2.09. The molecule has 0 saturated heterocycles. The van der Waals surface area contributed by atoms with Crippen molar-refractivity contribution >= 4 is 21.8 Å². The molecule has 0 atom stereocenters. The highest BCUT2D eigenvalue weighted by atomic mass is 15.0. The highest BCUT2D eigenvalue weighted by molar-refractivity contribution is 6.08. The van der Waals surface area contributed by atoms with Gasteiger partial charge in [-0.25, -0.2) is 0 Å². The Morgan fingerprint density at radius 3 is 2.19 bits per heavy atom. The van der Waals surface area contributed by atoms with Gasteiger partial charge in [0.15, 0.2) is 0 Å². The van der Waals surface area contributed by atoms with Crippen LogP contribution in [-0.2, 0) is 26.2 Å². The molecule has 0 spiro atoms. The molecule has 0 amide bonds. The average Bonchev–Trinajstić information content (AvgIpc) is 3.01. The lowest BCUT2D eigenvalue weighted by atomic mass is 10.1. The topological polar surface area (TPSA) is 43.0 Å². The van der Waals surface area contributed by atoms with Gasteiger partial charge in [0.2, 0.25) is 0 Å². The maximum absolute atomic E-state index is 5.66. The molecule has 4 aromatic rings. The molecular formula is C23H25N3. The molecule has 0 radical (unpaired) electrons. The lowest BCUT2D eigenvalue weighted by Crippen LogP contribution is -2.12. The molecule has 0 aliphatic heterocycles. The third-order valence-electron chi connectivity index (χ3n) is 5.07. The first-order valence-electron chi connectivity index (χ1n) is 9.28.